The average molecular weight is 253 g/mol. The SMILES string of the molecule is O=P([O-])([O-])OCCCBr.[NH4+].[NH4+]. The third-order valence-electron chi connectivity index (χ3n) is 0.527. The lowest BCUT2D eigenvalue weighted by atomic mass is 10.5. The fraction of sp³-hybridized carbons (Fsp3) is 1.00. The fourth-order valence-electron chi connectivity index (χ4n) is 0.231. The number of rotatable bonds is 4. The van der Waals surface area contributed by atoms with Crippen LogP contribution in [-0.4, -0.2) is 11.9 Å². The molecule has 0 aliphatic carbocycles. The molecule has 11 heavy (non-hydrogen) atoms. The second kappa shape index (κ2) is 8.61. The molecule has 0 aliphatic rings. The standard InChI is InChI=1S/C3H8BrO4P.2H3N/c4-2-1-3-8-9(5,6)7;;/h1-3H2,(H2,5,6,7);2*1H3. The molecule has 0 radical (unpaired) electrons. The third-order valence-corrected chi connectivity index (χ3v) is 1.59. The van der Waals surface area contributed by atoms with Gasteiger partial charge in [-0.05, 0) is 6.42 Å². The van der Waals surface area contributed by atoms with Crippen molar-refractivity contribution >= 4 is 23.8 Å². The number of hydrogen-bond donors (Lipinski definition) is 2. The van der Waals surface area contributed by atoms with Gasteiger partial charge in [0, 0.05) is 5.33 Å². The zero-order valence-electron chi connectivity index (χ0n) is 6.58. The molecule has 0 fully saturated rings. The quantitative estimate of drug-likeness (QED) is 0.423. The molecule has 0 saturated carbocycles. The summed E-state index contributed by atoms with van der Waals surface area (Å²) in [6.45, 7) is -0.0322. The molecule has 0 rings (SSSR count). The first-order valence-electron chi connectivity index (χ1n) is 2.29. The lowest BCUT2D eigenvalue weighted by Crippen LogP contribution is -2.16. The van der Waals surface area contributed by atoms with Gasteiger partial charge in [0.1, 0.15) is 0 Å². The van der Waals surface area contributed by atoms with Crippen LogP contribution in [-0.2, 0) is 9.09 Å². The monoisotopic (exact) mass is 252 g/mol. The van der Waals surface area contributed by atoms with Gasteiger partial charge in [0.05, 0.1) is 14.4 Å². The van der Waals surface area contributed by atoms with Gasteiger partial charge in [-0.15, -0.1) is 0 Å². The lowest BCUT2D eigenvalue weighted by Gasteiger charge is -2.28. The molecule has 0 heterocycles. The van der Waals surface area contributed by atoms with E-state index in [1.165, 1.54) is 0 Å². The maximum Gasteiger partial charge on any atom is 0.0596 e. The van der Waals surface area contributed by atoms with Gasteiger partial charge in [-0.25, -0.2) is 0 Å². The molecule has 6 nitrogen and oxygen atoms in total. The van der Waals surface area contributed by atoms with E-state index in [9.17, 15) is 14.4 Å². The second-order valence-electron chi connectivity index (χ2n) is 1.32. The molecule has 0 aliphatic heterocycles. The van der Waals surface area contributed by atoms with Crippen molar-refractivity contribution in [3.63, 3.8) is 0 Å². The average Bonchev–Trinajstić information content (AvgIpc) is 1.63. The Labute approximate surface area is 73.9 Å². The van der Waals surface area contributed by atoms with Crippen LogP contribution in [0.3, 0.4) is 0 Å². The van der Waals surface area contributed by atoms with Crippen molar-refractivity contribution < 1.29 is 18.9 Å². The van der Waals surface area contributed by atoms with Crippen molar-refractivity contribution in [2.75, 3.05) is 11.9 Å². The highest BCUT2D eigenvalue weighted by Gasteiger charge is 1.88. The second-order valence-corrected chi connectivity index (χ2v) is 3.27. The van der Waals surface area contributed by atoms with Crippen molar-refractivity contribution in [3.8, 4) is 0 Å². The Kier molecular flexibility index (Phi) is 13.7. The fourth-order valence-corrected chi connectivity index (χ4v) is 0.813. The predicted octanol–water partition coefficient (Wildman–Crippen LogP) is 0.369. The summed E-state index contributed by atoms with van der Waals surface area (Å²) in [4.78, 5) is 19.5. The minimum absolute atomic E-state index is 0. The molecule has 8 heteroatoms. The highest BCUT2D eigenvalue weighted by molar-refractivity contribution is 9.09. The van der Waals surface area contributed by atoms with E-state index >= 15 is 0 Å². The van der Waals surface area contributed by atoms with E-state index in [4.69, 9.17) is 0 Å². The summed E-state index contributed by atoms with van der Waals surface area (Å²) in [5.41, 5.74) is 0. The summed E-state index contributed by atoms with van der Waals surface area (Å²) in [6.07, 6.45) is 0.522. The van der Waals surface area contributed by atoms with Crippen molar-refractivity contribution in [1.29, 1.82) is 0 Å². The topological polar surface area (TPSA) is 145 Å². The molecule has 0 bridgehead atoms. The number of quaternary nitrogens is 2. The van der Waals surface area contributed by atoms with E-state index in [0.29, 0.717) is 11.8 Å². The van der Waals surface area contributed by atoms with Gasteiger partial charge in [0.2, 0.25) is 0 Å². The first kappa shape index (κ1) is 17.6. The van der Waals surface area contributed by atoms with Gasteiger partial charge in [0.25, 0.3) is 0 Å². The Morgan fingerprint density at radius 1 is 1.36 bits per heavy atom. The van der Waals surface area contributed by atoms with E-state index < -0.39 is 7.82 Å². The molecule has 0 aromatic carbocycles. The largest absolute Gasteiger partial charge is 0.790 e. The van der Waals surface area contributed by atoms with E-state index in [-0.39, 0.29) is 18.9 Å². The number of phosphoric ester groups is 1. The summed E-state index contributed by atoms with van der Waals surface area (Å²) < 4.78 is 13.6. The number of hydrogen-bond acceptors (Lipinski definition) is 4. The van der Waals surface area contributed by atoms with E-state index in [0.717, 1.165) is 0 Å². The van der Waals surface area contributed by atoms with Crippen LogP contribution < -0.4 is 22.1 Å². The van der Waals surface area contributed by atoms with Crippen molar-refractivity contribution in [3.05, 3.63) is 0 Å². The third kappa shape index (κ3) is 18.0. The smallest absolute Gasteiger partial charge is 0.0596 e. The Balaban J connectivity index is -0.000000320. The molecule has 0 aromatic heterocycles. The minimum Gasteiger partial charge on any atom is -0.790 e. The van der Waals surface area contributed by atoms with Crippen LogP contribution in [0.25, 0.3) is 0 Å². The highest BCUT2D eigenvalue weighted by Crippen LogP contribution is 2.24. The van der Waals surface area contributed by atoms with Gasteiger partial charge in [-0.3, -0.25) is 0 Å². The van der Waals surface area contributed by atoms with Gasteiger partial charge >= 0.3 is 0 Å². The zero-order chi connectivity index (χ0) is 7.33. The maximum atomic E-state index is 9.74. The molecule has 0 aromatic rings. The van der Waals surface area contributed by atoms with E-state index in [2.05, 4.69) is 20.5 Å². The molecule has 0 atom stereocenters. The number of alkyl halides is 1. The van der Waals surface area contributed by atoms with Crippen LogP contribution in [0.4, 0.5) is 0 Å². The molecule has 0 unspecified atom stereocenters. The summed E-state index contributed by atoms with van der Waals surface area (Å²) >= 11 is 3.04. The minimum atomic E-state index is -4.72. The van der Waals surface area contributed by atoms with Crippen LogP contribution in [0.15, 0.2) is 0 Å². The molecular weight excluding hydrogens is 239 g/mol. The van der Waals surface area contributed by atoms with Crippen LogP contribution in [0.5, 0.6) is 0 Å². The van der Waals surface area contributed by atoms with Gasteiger partial charge in [-0.2, -0.15) is 0 Å². The summed E-state index contributed by atoms with van der Waals surface area (Å²) in [5, 5.41) is 0.632. The Morgan fingerprint density at radius 2 is 1.82 bits per heavy atom. The molecule has 72 valence electrons. The Hall–Kier alpha value is 0.510. The van der Waals surface area contributed by atoms with Crippen LogP contribution in [0, 0.1) is 0 Å². The zero-order valence-corrected chi connectivity index (χ0v) is 9.06. The van der Waals surface area contributed by atoms with E-state index in [1.54, 1.807) is 0 Å². The van der Waals surface area contributed by atoms with E-state index in [1.807, 2.05) is 0 Å². The van der Waals surface area contributed by atoms with Crippen molar-refractivity contribution in [1.82, 2.24) is 12.3 Å². The lowest BCUT2D eigenvalue weighted by molar-refractivity contribution is -0.341. The predicted molar refractivity (Wildman–Crippen MR) is 43.9 cm³/mol. The molecule has 0 saturated heterocycles. The van der Waals surface area contributed by atoms with Gasteiger partial charge in [0.15, 0.2) is 0 Å². The van der Waals surface area contributed by atoms with Crippen LogP contribution in [0.2, 0.25) is 0 Å². The Bertz CT molecular complexity index is 118. The first-order valence-corrected chi connectivity index (χ1v) is 4.87. The summed E-state index contributed by atoms with van der Waals surface area (Å²) in [6, 6.07) is 0. The van der Waals surface area contributed by atoms with Gasteiger partial charge < -0.3 is 31.2 Å². The molecular formula is C3H14BrN2O4P. The number of halogens is 1. The molecule has 0 amide bonds. The molecule has 0 spiro atoms. The van der Waals surface area contributed by atoms with Crippen molar-refractivity contribution in [2.45, 2.75) is 6.42 Å². The van der Waals surface area contributed by atoms with Gasteiger partial charge in [-0.1, -0.05) is 15.9 Å². The normalized spacial score (nSPS) is 9.73. The first-order chi connectivity index (χ1) is 4.06. The maximum absolute atomic E-state index is 9.74. The highest BCUT2D eigenvalue weighted by atomic mass is 79.9. The molecule has 8 N–H and O–H groups in total. The number of phosphoric acid groups is 1. The Morgan fingerprint density at radius 3 is 2.09 bits per heavy atom. The van der Waals surface area contributed by atoms with Crippen LogP contribution in [0.1, 0.15) is 6.42 Å². The van der Waals surface area contributed by atoms with Crippen LogP contribution >= 0.6 is 23.8 Å². The summed E-state index contributed by atoms with van der Waals surface area (Å²) in [5.74, 6) is 0. The van der Waals surface area contributed by atoms with Crippen molar-refractivity contribution in [2.24, 2.45) is 0 Å². The summed E-state index contributed by atoms with van der Waals surface area (Å²) in [7, 11) is -4.72.